The van der Waals surface area contributed by atoms with E-state index in [0.717, 1.165) is 0 Å². The minimum atomic E-state index is 1.75. The summed E-state index contributed by atoms with van der Waals surface area (Å²) in [6.07, 6.45) is 0. The van der Waals surface area contributed by atoms with Crippen molar-refractivity contribution in [3.63, 3.8) is 0 Å². The van der Waals surface area contributed by atoms with Crippen LogP contribution in [-0.2, 0) is 4.79 Å². The van der Waals surface area contributed by atoms with E-state index in [2.05, 4.69) is 6.58 Å². The van der Waals surface area contributed by atoms with Crippen molar-refractivity contribution in [1.29, 1.82) is 5.41 Å². The van der Waals surface area contributed by atoms with Crippen LogP contribution in [0.25, 0.3) is 0 Å². The fraction of sp³-hybridized carbons (Fsp3) is 0. The molecule has 0 saturated heterocycles. The molecule has 2 heteroatoms. The maximum absolute atomic E-state index is 8.00. The van der Waals surface area contributed by atoms with E-state index in [1.54, 1.807) is 5.87 Å². The normalized spacial score (nSPS) is 2.40. The summed E-state index contributed by atoms with van der Waals surface area (Å²) in [5.41, 5.74) is 0. The van der Waals surface area contributed by atoms with Crippen molar-refractivity contribution in [1.82, 2.24) is 0 Å². The molecule has 0 aliphatic heterocycles. The maximum Gasteiger partial charge on any atom is 0.106 e. The van der Waals surface area contributed by atoms with Gasteiger partial charge in [0, 0.05) is 0 Å². The molecule has 0 aromatic carbocycles. The molecule has 0 unspecified atom stereocenters. The SMILES string of the molecule is C=C=N.C=O. The molecule has 0 aliphatic carbocycles. The molecule has 0 aromatic rings. The number of nitrogens with one attached hydrogen (secondary N) is 1. The highest BCUT2D eigenvalue weighted by atomic mass is 16.1. The van der Waals surface area contributed by atoms with E-state index in [-0.39, 0.29) is 0 Å². The second-order valence-electron chi connectivity index (χ2n) is 0.177. The van der Waals surface area contributed by atoms with Crippen LogP contribution < -0.4 is 0 Å². The van der Waals surface area contributed by atoms with Gasteiger partial charge in [-0.3, -0.25) is 5.41 Å². The van der Waals surface area contributed by atoms with Gasteiger partial charge in [0.15, 0.2) is 0 Å². The Kier molecular flexibility index (Phi) is 1740. The smallest absolute Gasteiger partial charge is 0.106 e. The van der Waals surface area contributed by atoms with Crippen LogP contribution in [-0.4, -0.2) is 12.7 Å². The van der Waals surface area contributed by atoms with Gasteiger partial charge in [-0.05, 0) is 12.4 Å². The summed E-state index contributed by atoms with van der Waals surface area (Å²) >= 11 is 0. The molecule has 5 heavy (non-hydrogen) atoms. The van der Waals surface area contributed by atoms with E-state index in [1.165, 1.54) is 0 Å². The average Bonchev–Trinajstić information content (AvgIpc) is 1.46. The third kappa shape index (κ3) is 5.05. The summed E-state index contributed by atoms with van der Waals surface area (Å²) in [5, 5.41) is 5.85. The van der Waals surface area contributed by atoms with E-state index in [4.69, 9.17) is 10.2 Å². The summed E-state index contributed by atoms with van der Waals surface area (Å²) in [5.74, 6) is 1.75. The van der Waals surface area contributed by atoms with Crippen molar-refractivity contribution in [2.75, 3.05) is 0 Å². The highest BCUT2D eigenvalue weighted by molar-refractivity contribution is 5.41. The van der Waals surface area contributed by atoms with Crippen molar-refractivity contribution in [2.45, 2.75) is 0 Å². The average molecular weight is 71.1 g/mol. The summed E-state index contributed by atoms with van der Waals surface area (Å²) < 4.78 is 0. The first kappa shape index (κ1) is 8.92. The zero-order valence-corrected chi connectivity index (χ0v) is 2.82. The third-order valence-corrected chi connectivity index (χ3v) is 0. The largest absolute Gasteiger partial charge is 0.307 e. The number of hydrogen-bond donors (Lipinski definition) is 1. The first-order chi connectivity index (χ1) is 2.41. The maximum atomic E-state index is 8.00. The summed E-state index contributed by atoms with van der Waals surface area (Å²) in [6.45, 7) is 4.90. The Morgan fingerprint density at radius 1 is 1.60 bits per heavy atom. The molecular weight excluding hydrogens is 66.0 g/mol. The first-order valence-corrected chi connectivity index (χ1v) is 0.892. The van der Waals surface area contributed by atoms with Gasteiger partial charge in [-0.15, -0.1) is 0 Å². The van der Waals surface area contributed by atoms with Crippen LogP contribution in [0.1, 0.15) is 0 Å². The quantitative estimate of drug-likeness (QED) is 0.408. The highest BCUT2D eigenvalue weighted by Crippen LogP contribution is 0.942. The van der Waals surface area contributed by atoms with Gasteiger partial charge in [-0.2, -0.15) is 0 Å². The van der Waals surface area contributed by atoms with Crippen LogP contribution in [0.4, 0.5) is 0 Å². The Morgan fingerprint density at radius 3 is 1.60 bits per heavy atom. The van der Waals surface area contributed by atoms with Crippen molar-refractivity contribution in [3.8, 4) is 0 Å². The standard InChI is InChI=1S/C2H3N.CH2O/c1-2-3;1-2/h3H,1H2;1H2. The van der Waals surface area contributed by atoms with E-state index < -0.39 is 0 Å². The molecule has 0 radical (unpaired) electrons. The molecule has 0 atom stereocenters. The number of carbonyl (C=O) groups excluding carboxylic acids is 1. The van der Waals surface area contributed by atoms with Crippen LogP contribution in [0.3, 0.4) is 0 Å². The van der Waals surface area contributed by atoms with Gasteiger partial charge in [0.25, 0.3) is 0 Å². The summed E-state index contributed by atoms with van der Waals surface area (Å²) in [6, 6.07) is 0. The molecule has 28 valence electrons. The van der Waals surface area contributed by atoms with Crippen molar-refractivity contribution in [3.05, 3.63) is 6.58 Å². The van der Waals surface area contributed by atoms with Gasteiger partial charge in [0.2, 0.25) is 0 Å². The van der Waals surface area contributed by atoms with Crippen molar-refractivity contribution in [2.24, 2.45) is 0 Å². The highest BCUT2D eigenvalue weighted by Gasteiger charge is 0.918. The number of hydrogen-bond acceptors (Lipinski definition) is 2. The molecular formula is C3H5NO. The Morgan fingerprint density at radius 2 is 1.60 bits per heavy atom. The molecule has 0 heterocycles. The van der Waals surface area contributed by atoms with Crippen LogP contribution in [0.5, 0.6) is 0 Å². The molecule has 0 bridgehead atoms. The zero-order chi connectivity index (χ0) is 4.71. The molecule has 0 aromatic heterocycles. The minimum Gasteiger partial charge on any atom is -0.307 e. The zero-order valence-electron chi connectivity index (χ0n) is 2.82. The Bertz CT molecular complexity index is 36.2. The van der Waals surface area contributed by atoms with Gasteiger partial charge >= 0.3 is 0 Å². The number of rotatable bonds is 0. The van der Waals surface area contributed by atoms with Gasteiger partial charge in [-0.1, -0.05) is 0 Å². The minimum absolute atomic E-state index is 1.75. The van der Waals surface area contributed by atoms with Crippen LogP contribution in [0, 0.1) is 5.41 Å². The summed E-state index contributed by atoms with van der Waals surface area (Å²) in [4.78, 5) is 8.00. The Labute approximate surface area is 30.6 Å². The first-order valence-electron chi connectivity index (χ1n) is 0.892. The second-order valence-corrected chi connectivity index (χ2v) is 0.177. The van der Waals surface area contributed by atoms with Crippen LogP contribution in [0.2, 0.25) is 0 Å². The lowest BCUT2D eigenvalue weighted by Gasteiger charge is -1.10. The van der Waals surface area contributed by atoms with E-state index >= 15 is 0 Å². The van der Waals surface area contributed by atoms with Gasteiger partial charge in [0.05, 0.1) is 0 Å². The van der Waals surface area contributed by atoms with Gasteiger partial charge in [0.1, 0.15) is 6.79 Å². The molecule has 2 nitrogen and oxygen atoms in total. The molecule has 0 aliphatic rings. The predicted octanol–water partition coefficient (Wildman–Crippen LogP) is 0.236. The lowest BCUT2D eigenvalue weighted by atomic mass is 11.2. The van der Waals surface area contributed by atoms with Gasteiger partial charge < -0.3 is 4.79 Å². The van der Waals surface area contributed by atoms with E-state index in [0.29, 0.717) is 0 Å². The molecule has 0 rings (SSSR count). The molecule has 1 N–H and O–H groups in total. The van der Waals surface area contributed by atoms with Crippen molar-refractivity contribution >= 4 is 12.7 Å². The topological polar surface area (TPSA) is 40.9 Å². The second kappa shape index (κ2) is 974. The fourth-order valence-corrected chi connectivity index (χ4v) is 0. The van der Waals surface area contributed by atoms with E-state index in [9.17, 15) is 0 Å². The lowest BCUT2D eigenvalue weighted by Crippen LogP contribution is -1.10. The molecule has 0 fully saturated rings. The van der Waals surface area contributed by atoms with E-state index in [1.807, 2.05) is 6.79 Å². The monoisotopic (exact) mass is 71.0 g/mol. The number of carbonyl (C=O) groups is 1. The Hall–Kier alpha value is -0.880. The fourth-order valence-electron chi connectivity index (χ4n) is 0. The summed E-state index contributed by atoms with van der Waals surface area (Å²) in [7, 11) is 0. The van der Waals surface area contributed by atoms with Crippen LogP contribution in [0.15, 0.2) is 6.58 Å². The van der Waals surface area contributed by atoms with Crippen molar-refractivity contribution < 1.29 is 4.79 Å². The molecule has 0 amide bonds. The lowest BCUT2D eigenvalue weighted by molar-refractivity contribution is -0.0979. The van der Waals surface area contributed by atoms with Gasteiger partial charge in [-0.25, -0.2) is 0 Å². The van der Waals surface area contributed by atoms with Crippen LogP contribution >= 0.6 is 0 Å². The Balaban J connectivity index is 0. The third-order valence-electron chi connectivity index (χ3n) is 0. The molecule has 0 saturated carbocycles. The predicted molar refractivity (Wildman–Crippen MR) is 20.5 cm³/mol. The molecule has 0 spiro atoms.